The second kappa shape index (κ2) is 5.67. The fourth-order valence-electron chi connectivity index (χ4n) is 1.52. The molecule has 94 valence electrons. The van der Waals surface area contributed by atoms with Gasteiger partial charge < -0.3 is 5.32 Å². The second-order valence-corrected chi connectivity index (χ2v) is 5.00. The Hall–Kier alpha value is -1.13. The topological polar surface area (TPSA) is 12.0 Å². The highest BCUT2D eigenvalue weighted by atomic mass is 79.9. The van der Waals surface area contributed by atoms with E-state index in [1.54, 1.807) is 18.2 Å². The maximum absolute atomic E-state index is 13.4. The molecule has 1 nitrogen and oxygen atoms in total. The monoisotopic (exact) mass is 331 g/mol. The fraction of sp³-hybridized carbons (Fsp3) is 0.0769. The summed E-state index contributed by atoms with van der Waals surface area (Å²) in [5.74, 6) is -1.15. The van der Waals surface area contributed by atoms with Crippen molar-refractivity contribution in [3.8, 4) is 0 Å². The molecule has 0 aliphatic carbocycles. The minimum absolute atomic E-state index is 0.00325. The van der Waals surface area contributed by atoms with Gasteiger partial charge in [0.2, 0.25) is 0 Å². The van der Waals surface area contributed by atoms with Crippen molar-refractivity contribution in [2.75, 3.05) is 5.32 Å². The van der Waals surface area contributed by atoms with Crippen molar-refractivity contribution >= 4 is 33.2 Å². The first-order chi connectivity index (χ1) is 8.58. The molecule has 0 unspecified atom stereocenters. The molecule has 2 rings (SSSR count). The molecule has 0 atom stereocenters. The minimum atomic E-state index is -0.573. The lowest BCUT2D eigenvalue weighted by molar-refractivity contribution is 0.560. The van der Waals surface area contributed by atoms with Gasteiger partial charge in [0.1, 0.15) is 11.6 Å². The third-order valence-electron chi connectivity index (χ3n) is 2.45. The minimum Gasteiger partial charge on any atom is -0.380 e. The first-order valence-electron chi connectivity index (χ1n) is 5.20. The molecule has 0 amide bonds. The second-order valence-electron chi connectivity index (χ2n) is 3.68. The third-order valence-corrected chi connectivity index (χ3v) is 3.25. The van der Waals surface area contributed by atoms with Crippen LogP contribution in [0, 0.1) is 11.6 Å². The molecular formula is C13H9BrClF2N. The average molecular weight is 333 g/mol. The van der Waals surface area contributed by atoms with E-state index in [2.05, 4.69) is 21.2 Å². The normalized spacial score (nSPS) is 10.4. The standard InChI is InChI=1S/C13H9BrClF2N/c14-8-4-5-13(10(15)6-8)18-7-9-11(16)2-1-3-12(9)17/h1-6,18H,7H2. The van der Waals surface area contributed by atoms with Gasteiger partial charge in [0, 0.05) is 16.6 Å². The predicted molar refractivity (Wildman–Crippen MR) is 72.8 cm³/mol. The van der Waals surface area contributed by atoms with Crippen LogP contribution in [0.1, 0.15) is 5.56 Å². The number of hydrogen-bond acceptors (Lipinski definition) is 1. The summed E-state index contributed by atoms with van der Waals surface area (Å²) < 4.78 is 27.6. The van der Waals surface area contributed by atoms with Crippen LogP contribution in [-0.2, 0) is 6.54 Å². The Kier molecular flexibility index (Phi) is 4.19. The SMILES string of the molecule is Fc1cccc(F)c1CNc1ccc(Br)cc1Cl. The number of halogens is 4. The summed E-state index contributed by atoms with van der Waals surface area (Å²) in [6, 6.07) is 9.03. The molecule has 0 aliphatic rings. The number of nitrogens with one attached hydrogen (secondary N) is 1. The van der Waals surface area contributed by atoms with Crippen molar-refractivity contribution in [1.82, 2.24) is 0 Å². The summed E-state index contributed by atoms with van der Waals surface area (Å²) in [5, 5.41) is 3.39. The van der Waals surface area contributed by atoms with E-state index in [1.807, 2.05) is 0 Å². The van der Waals surface area contributed by atoms with Crippen molar-refractivity contribution in [1.29, 1.82) is 0 Å². The van der Waals surface area contributed by atoms with Crippen LogP contribution >= 0.6 is 27.5 Å². The van der Waals surface area contributed by atoms with Crippen LogP contribution < -0.4 is 5.32 Å². The van der Waals surface area contributed by atoms with Gasteiger partial charge in [-0.1, -0.05) is 33.6 Å². The van der Waals surface area contributed by atoms with Gasteiger partial charge in [0.15, 0.2) is 0 Å². The Morgan fingerprint density at radius 2 is 1.78 bits per heavy atom. The van der Waals surface area contributed by atoms with Crippen LogP contribution in [0.25, 0.3) is 0 Å². The quantitative estimate of drug-likeness (QED) is 0.834. The summed E-state index contributed by atoms with van der Waals surface area (Å²) in [4.78, 5) is 0. The molecule has 0 spiro atoms. The van der Waals surface area contributed by atoms with Crippen molar-refractivity contribution in [2.24, 2.45) is 0 Å². The first-order valence-corrected chi connectivity index (χ1v) is 6.37. The first kappa shape index (κ1) is 13.3. The van der Waals surface area contributed by atoms with Crippen molar-refractivity contribution in [3.05, 3.63) is 63.1 Å². The summed E-state index contributed by atoms with van der Waals surface area (Å²) in [7, 11) is 0. The van der Waals surface area contributed by atoms with Crippen LogP contribution in [0.2, 0.25) is 5.02 Å². The lowest BCUT2D eigenvalue weighted by atomic mass is 10.2. The fourth-order valence-corrected chi connectivity index (χ4v) is 2.26. The molecule has 0 saturated heterocycles. The molecular weight excluding hydrogens is 324 g/mol. The molecule has 0 fully saturated rings. The van der Waals surface area contributed by atoms with Gasteiger partial charge in [-0.25, -0.2) is 8.78 Å². The smallest absolute Gasteiger partial charge is 0.131 e. The van der Waals surface area contributed by atoms with Gasteiger partial charge in [-0.3, -0.25) is 0 Å². The van der Waals surface area contributed by atoms with Gasteiger partial charge in [0.05, 0.1) is 10.7 Å². The maximum atomic E-state index is 13.4. The summed E-state index contributed by atoms with van der Waals surface area (Å²) in [5.41, 5.74) is 0.624. The van der Waals surface area contributed by atoms with Gasteiger partial charge in [-0.05, 0) is 30.3 Å². The molecule has 5 heteroatoms. The predicted octanol–water partition coefficient (Wildman–Crippen LogP) is 4.99. The van der Waals surface area contributed by atoms with Gasteiger partial charge in [0.25, 0.3) is 0 Å². The Balaban J connectivity index is 2.16. The van der Waals surface area contributed by atoms with Crippen LogP contribution in [-0.4, -0.2) is 0 Å². The number of hydrogen-bond donors (Lipinski definition) is 1. The Morgan fingerprint density at radius 1 is 1.11 bits per heavy atom. The molecule has 0 aromatic heterocycles. The molecule has 0 heterocycles. The van der Waals surface area contributed by atoms with E-state index in [9.17, 15) is 8.78 Å². The summed E-state index contributed by atoms with van der Waals surface area (Å²) in [6.45, 7) is 0.0415. The number of anilines is 1. The highest BCUT2D eigenvalue weighted by molar-refractivity contribution is 9.10. The van der Waals surface area contributed by atoms with E-state index < -0.39 is 11.6 Å². The van der Waals surface area contributed by atoms with E-state index in [0.29, 0.717) is 10.7 Å². The maximum Gasteiger partial charge on any atom is 0.131 e. The van der Waals surface area contributed by atoms with Crippen molar-refractivity contribution < 1.29 is 8.78 Å². The van der Waals surface area contributed by atoms with E-state index in [1.165, 1.54) is 18.2 Å². The molecule has 18 heavy (non-hydrogen) atoms. The van der Waals surface area contributed by atoms with Crippen LogP contribution in [0.15, 0.2) is 40.9 Å². The van der Waals surface area contributed by atoms with E-state index >= 15 is 0 Å². The van der Waals surface area contributed by atoms with Gasteiger partial charge in [-0.15, -0.1) is 0 Å². The van der Waals surface area contributed by atoms with E-state index in [0.717, 1.165) is 4.47 Å². The Labute approximate surface area is 117 Å². The van der Waals surface area contributed by atoms with Crippen LogP contribution in [0.3, 0.4) is 0 Å². The van der Waals surface area contributed by atoms with E-state index in [4.69, 9.17) is 11.6 Å². The molecule has 0 saturated carbocycles. The lowest BCUT2D eigenvalue weighted by Gasteiger charge is -2.10. The zero-order valence-electron chi connectivity index (χ0n) is 9.18. The van der Waals surface area contributed by atoms with Crippen molar-refractivity contribution in [2.45, 2.75) is 6.54 Å². The highest BCUT2D eigenvalue weighted by Crippen LogP contribution is 2.26. The third kappa shape index (κ3) is 3.00. The van der Waals surface area contributed by atoms with Crippen molar-refractivity contribution in [3.63, 3.8) is 0 Å². The summed E-state index contributed by atoms with van der Waals surface area (Å²) in [6.07, 6.45) is 0. The Morgan fingerprint density at radius 3 is 2.39 bits per heavy atom. The zero-order chi connectivity index (χ0) is 13.1. The number of rotatable bonds is 3. The molecule has 2 aromatic carbocycles. The largest absolute Gasteiger partial charge is 0.380 e. The van der Waals surface area contributed by atoms with Gasteiger partial charge >= 0.3 is 0 Å². The number of benzene rings is 2. The molecule has 1 N–H and O–H groups in total. The van der Waals surface area contributed by atoms with Gasteiger partial charge in [-0.2, -0.15) is 0 Å². The molecule has 2 aromatic rings. The van der Waals surface area contributed by atoms with Crippen LogP contribution in [0.5, 0.6) is 0 Å². The molecule has 0 radical (unpaired) electrons. The highest BCUT2D eigenvalue weighted by Gasteiger charge is 2.08. The average Bonchev–Trinajstić information content (AvgIpc) is 2.31. The molecule has 0 bridgehead atoms. The van der Waals surface area contributed by atoms with Crippen LogP contribution in [0.4, 0.5) is 14.5 Å². The van der Waals surface area contributed by atoms with E-state index in [-0.39, 0.29) is 12.1 Å². The molecule has 0 aliphatic heterocycles. The summed E-state index contributed by atoms with van der Waals surface area (Å²) >= 11 is 9.28. The zero-order valence-corrected chi connectivity index (χ0v) is 11.5. The lowest BCUT2D eigenvalue weighted by Crippen LogP contribution is -2.04. The Bertz CT molecular complexity index is 555.